The van der Waals surface area contributed by atoms with Crippen molar-refractivity contribution in [3.05, 3.63) is 0 Å². The molecule has 3 heteroatoms. The lowest BCUT2D eigenvalue weighted by Gasteiger charge is -2.15. The van der Waals surface area contributed by atoms with Crippen LogP contribution in [0.25, 0.3) is 0 Å². The zero-order valence-electron chi connectivity index (χ0n) is 8.26. The number of rotatable bonds is 4. The Balaban J connectivity index is 3.79. The molecular weight excluding hydrogens is 154 g/mol. The minimum atomic E-state index is -0.0381. The molecule has 0 aliphatic carbocycles. The van der Waals surface area contributed by atoms with E-state index in [1.165, 1.54) is 0 Å². The molecule has 0 aromatic heterocycles. The largest absolute Gasteiger partial charge is 0.349 e. The van der Waals surface area contributed by atoms with Gasteiger partial charge in [-0.15, -0.1) is 0 Å². The van der Waals surface area contributed by atoms with Crippen molar-refractivity contribution >= 4 is 11.7 Å². The van der Waals surface area contributed by atoms with E-state index in [4.69, 9.17) is 0 Å². The molecule has 0 fully saturated rings. The highest BCUT2D eigenvalue weighted by atomic mass is 16.2. The van der Waals surface area contributed by atoms with Crippen molar-refractivity contribution in [2.45, 2.75) is 26.7 Å². The minimum Gasteiger partial charge on any atom is -0.349 e. The molecule has 0 aromatic carbocycles. The van der Waals surface area contributed by atoms with Crippen LogP contribution in [0.2, 0.25) is 0 Å². The Morgan fingerprint density at radius 3 is 2.17 bits per heavy atom. The molecule has 0 aliphatic heterocycles. The molecule has 0 radical (unpaired) electrons. The number of amides is 1. The van der Waals surface area contributed by atoms with E-state index in [2.05, 4.69) is 0 Å². The fourth-order valence-corrected chi connectivity index (χ4v) is 0.984. The first-order chi connectivity index (χ1) is 5.45. The third-order valence-corrected chi connectivity index (χ3v) is 1.79. The quantitative estimate of drug-likeness (QED) is 0.634. The predicted octanol–water partition coefficient (Wildman–Crippen LogP) is 1.08. The lowest BCUT2D eigenvalue weighted by Crippen LogP contribution is -2.28. The van der Waals surface area contributed by atoms with E-state index in [9.17, 15) is 9.59 Å². The number of Topliss-reactive ketones (excluding diaryl/α,β-unsaturated/α-hetero) is 1. The van der Waals surface area contributed by atoms with Gasteiger partial charge in [0.05, 0.1) is 0 Å². The Kier molecular flexibility index (Phi) is 4.55. The van der Waals surface area contributed by atoms with Gasteiger partial charge in [0.25, 0.3) is 0 Å². The van der Waals surface area contributed by atoms with Gasteiger partial charge in [-0.25, -0.2) is 0 Å². The van der Waals surface area contributed by atoms with Gasteiger partial charge in [-0.3, -0.25) is 4.79 Å². The third-order valence-electron chi connectivity index (χ3n) is 1.79. The lowest BCUT2D eigenvalue weighted by atomic mass is 10.0. The first kappa shape index (κ1) is 11.1. The summed E-state index contributed by atoms with van der Waals surface area (Å²) < 4.78 is 0. The van der Waals surface area contributed by atoms with Gasteiger partial charge in [0.1, 0.15) is 5.78 Å². The molecule has 0 bridgehead atoms. The molecule has 0 N–H and O–H groups in total. The van der Waals surface area contributed by atoms with Crippen LogP contribution in [0.3, 0.4) is 0 Å². The first-order valence-corrected chi connectivity index (χ1v) is 4.15. The van der Waals surface area contributed by atoms with E-state index in [-0.39, 0.29) is 17.6 Å². The second-order valence-corrected chi connectivity index (χ2v) is 3.37. The maximum atomic E-state index is 11.3. The molecule has 1 amide bonds. The molecule has 0 heterocycles. The first-order valence-electron chi connectivity index (χ1n) is 4.15. The van der Waals surface area contributed by atoms with Gasteiger partial charge in [0, 0.05) is 26.4 Å². The summed E-state index contributed by atoms with van der Waals surface area (Å²) in [6, 6.07) is 0. The van der Waals surface area contributed by atoms with Gasteiger partial charge < -0.3 is 9.69 Å². The standard InChI is InChI=1S/C9H17NO2/c1-7(5-6-8(2)11)9(12)10(3)4/h7H,5-6H2,1-4H3. The lowest BCUT2D eigenvalue weighted by molar-refractivity contribution is -0.132. The molecule has 1 atom stereocenters. The molecule has 12 heavy (non-hydrogen) atoms. The van der Waals surface area contributed by atoms with Crippen molar-refractivity contribution in [2.24, 2.45) is 5.92 Å². The van der Waals surface area contributed by atoms with E-state index in [1.54, 1.807) is 25.9 Å². The molecule has 0 rings (SSSR count). The number of hydrogen-bond donors (Lipinski definition) is 0. The van der Waals surface area contributed by atoms with Gasteiger partial charge in [-0.1, -0.05) is 6.92 Å². The summed E-state index contributed by atoms with van der Waals surface area (Å²) in [5, 5.41) is 0. The van der Waals surface area contributed by atoms with Gasteiger partial charge in [-0.2, -0.15) is 0 Å². The smallest absolute Gasteiger partial charge is 0.224 e. The van der Waals surface area contributed by atoms with Crippen molar-refractivity contribution in [3.63, 3.8) is 0 Å². The van der Waals surface area contributed by atoms with Gasteiger partial charge in [-0.05, 0) is 13.3 Å². The number of carbonyl (C=O) groups is 2. The van der Waals surface area contributed by atoms with Crippen LogP contribution < -0.4 is 0 Å². The van der Waals surface area contributed by atoms with E-state index >= 15 is 0 Å². The minimum absolute atomic E-state index is 0.0381. The molecular formula is C9H17NO2. The summed E-state index contributed by atoms with van der Waals surface area (Å²) in [6.45, 7) is 3.40. The van der Waals surface area contributed by atoms with Crippen molar-refractivity contribution in [1.82, 2.24) is 4.90 Å². The molecule has 3 nitrogen and oxygen atoms in total. The fraction of sp³-hybridized carbons (Fsp3) is 0.778. The Bertz CT molecular complexity index is 175. The number of carbonyl (C=O) groups excluding carboxylic acids is 2. The Hall–Kier alpha value is -0.860. The Labute approximate surface area is 73.7 Å². The van der Waals surface area contributed by atoms with Crippen LogP contribution in [0.4, 0.5) is 0 Å². The fourth-order valence-electron chi connectivity index (χ4n) is 0.984. The van der Waals surface area contributed by atoms with Crippen molar-refractivity contribution in [2.75, 3.05) is 14.1 Å². The summed E-state index contributed by atoms with van der Waals surface area (Å²) in [5.41, 5.74) is 0. The molecule has 0 spiro atoms. The predicted molar refractivity (Wildman–Crippen MR) is 47.8 cm³/mol. The van der Waals surface area contributed by atoms with Crippen LogP contribution in [-0.2, 0) is 9.59 Å². The molecule has 0 aromatic rings. The highest BCUT2D eigenvalue weighted by Crippen LogP contribution is 2.07. The van der Waals surface area contributed by atoms with E-state index in [1.807, 2.05) is 6.92 Å². The van der Waals surface area contributed by atoms with Crippen molar-refractivity contribution in [3.8, 4) is 0 Å². The maximum absolute atomic E-state index is 11.3. The normalized spacial score (nSPS) is 12.3. The molecule has 0 saturated carbocycles. The zero-order valence-corrected chi connectivity index (χ0v) is 8.26. The topological polar surface area (TPSA) is 37.4 Å². The van der Waals surface area contributed by atoms with Crippen molar-refractivity contribution in [1.29, 1.82) is 0 Å². The van der Waals surface area contributed by atoms with Gasteiger partial charge in [0.2, 0.25) is 5.91 Å². The average molecular weight is 171 g/mol. The Morgan fingerprint density at radius 2 is 1.83 bits per heavy atom. The highest BCUT2D eigenvalue weighted by molar-refractivity contribution is 5.79. The summed E-state index contributed by atoms with van der Waals surface area (Å²) >= 11 is 0. The third kappa shape index (κ3) is 4.11. The maximum Gasteiger partial charge on any atom is 0.224 e. The van der Waals surface area contributed by atoms with Gasteiger partial charge >= 0.3 is 0 Å². The second kappa shape index (κ2) is 4.91. The van der Waals surface area contributed by atoms with Crippen LogP contribution in [0, 0.1) is 5.92 Å². The SMILES string of the molecule is CC(=O)CCC(C)C(=O)N(C)C. The van der Waals surface area contributed by atoms with Crippen LogP contribution in [0.1, 0.15) is 26.7 Å². The molecule has 0 saturated heterocycles. The number of ketones is 1. The van der Waals surface area contributed by atoms with E-state index in [0.29, 0.717) is 12.8 Å². The monoisotopic (exact) mass is 171 g/mol. The number of nitrogens with zero attached hydrogens (tertiary/aromatic N) is 1. The Morgan fingerprint density at radius 1 is 1.33 bits per heavy atom. The van der Waals surface area contributed by atoms with Crippen molar-refractivity contribution < 1.29 is 9.59 Å². The van der Waals surface area contributed by atoms with Crippen LogP contribution in [-0.4, -0.2) is 30.7 Å². The second-order valence-electron chi connectivity index (χ2n) is 3.37. The average Bonchev–Trinajstić information content (AvgIpc) is 1.98. The molecule has 70 valence electrons. The summed E-state index contributed by atoms with van der Waals surface area (Å²) in [7, 11) is 3.46. The molecule has 1 unspecified atom stereocenters. The van der Waals surface area contributed by atoms with Gasteiger partial charge in [0.15, 0.2) is 0 Å². The summed E-state index contributed by atoms with van der Waals surface area (Å²) in [6.07, 6.45) is 1.16. The number of hydrogen-bond acceptors (Lipinski definition) is 2. The summed E-state index contributed by atoms with van der Waals surface area (Å²) in [5.74, 6) is 0.202. The molecule has 0 aliphatic rings. The zero-order chi connectivity index (χ0) is 9.72. The van der Waals surface area contributed by atoms with E-state index in [0.717, 1.165) is 0 Å². The van der Waals surface area contributed by atoms with Crippen LogP contribution >= 0.6 is 0 Å². The van der Waals surface area contributed by atoms with Crippen LogP contribution in [0.5, 0.6) is 0 Å². The van der Waals surface area contributed by atoms with E-state index < -0.39 is 0 Å². The highest BCUT2D eigenvalue weighted by Gasteiger charge is 2.14. The van der Waals surface area contributed by atoms with Crippen LogP contribution in [0.15, 0.2) is 0 Å². The summed E-state index contributed by atoms with van der Waals surface area (Å²) in [4.78, 5) is 23.4.